The average Bonchev–Trinajstić information content (AvgIpc) is 2.31. The molecule has 1 aliphatic rings. The van der Waals surface area contributed by atoms with E-state index in [-0.39, 0.29) is 17.8 Å². The second-order valence-corrected chi connectivity index (χ2v) is 4.56. The summed E-state index contributed by atoms with van der Waals surface area (Å²) in [4.78, 5) is 11.8. The second kappa shape index (κ2) is 7.71. The van der Waals surface area contributed by atoms with E-state index in [4.69, 9.17) is 14.2 Å². The van der Waals surface area contributed by atoms with Crippen LogP contribution in [0.5, 0.6) is 0 Å². The quantitative estimate of drug-likeness (QED) is 0.637. The topological polar surface area (TPSA) is 56.8 Å². The van der Waals surface area contributed by atoms with Gasteiger partial charge in [-0.3, -0.25) is 4.79 Å². The SMILES string of the molecule is CCOC(CNC(=O)CC1(OC)CCC1)OCC. The smallest absolute Gasteiger partial charge is 0.223 e. The van der Waals surface area contributed by atoms with Gasteiger partial charge in [-0.2, -0.15) is 0 Å². The Morgan fingerprint density at radius 2 is 1.89 bits per heavy atom. The van der Waals surface area contributed by atoms with Crippen molar-refractivity contribution in [3.05, 3.63) is 0 Å². The van der Waals surface area contributed by atoms with Crippen LogP contribution in [0.25, 0.3) is 0 Å². The van der Waals surface area contributed by atoms with E-state index >= 15 is 0 Å². The minimum absolute atomic E-state index is 0.000885. The van der Waals surface area contributed by atoms with Gasteiger partial charge in [-0.25, -0.2) is 0 Å². The number of amides is 1. The number of carbonyl (C=O) groups is 1. The minimum Gasteiger partial charge on any atom is -0.378 e. The normalized spacial score (nSPS) is 17.6. The van der Waals surface area contributed by atoms with Gasteiger partial charge in [-0.05, 0) is 33.1 Å². The summed E-state index contributed by atoms with van der Waals surface area (Å²) in [5, 5.41) is 2.84. The van der Waals surface area contributed by atoms with Gasteiger partial charge in [0.15, 0.2) is 6.29 Å². The number of nitrogens with one attached hydrogen (secondary N) is 1. The van der Waals surface area contributed by atoms with E-state index in [1.54, 1.807) is 7.11 Å². The Hall–Kier alpha value is -0.650. The van der Waals surface area contributed by atoms with Crippen LogP contribution in [0.1, 0.15) is 39.5 Å². The predicted octanol–water partition coefficient (Wildman–Crippen LogP) is 1.46. The van der Waals surface area contributed by atoms with Crippen molar-refractivity contribution in [2.45, 2.75) is 51.4 Å². The number of ether oxygens (including phenoxy) is 3. The van der Waals surface area contributed by atoms with E-state index in [1.165, 1.54) is 0 Å². The van der Waals surface area contributed by atoms with Crippen LogP contribution in [-0.4, -0.2) is 44.7 Å². The van der Waals surface area contributed by atoms with E-state index in [9.17, 15) is 4.79 Å². The molecule has 0 bridgehead atoms. The molecule has 0 saturated heterocycles. The Balaban J connectivity index is 2.26. The van der Waals surface area contributed by atoms with Gasteiger partial charge >= 0.3 is 0 Å². The van der Waals surface area contributed by atoms with Crippen molar-refractivity contribution in [2.24, 2.45) is 0 Å². The van der Waals surface area contributed by atoms with Crippen LogP contribution in [-0.2, 0) is 19.0 Å². The fraction of sp³-hybridized carbons (Fsp3) is 0.923. The van der Waals surface area contributed by atoms with Gasteiger partial charge in [0, 0.05) is 20.3 Å². The highest BCUT2D eigenvalue weighted by Crippen LogP contribution is 2.37. The predicted molar refractivity (Wildman–Crippen MR) is 68.3 cm³/mol. The monoisotopic (exact) mass is 259 g/mol. The lowest BCUT2D eigenvalue weighted by Crippen LogP contribution is -2.45. The van der Waals surface area contributed by atoms with Crippen molar-refractivity contribution < 1.29 is 19.0 Å². The fourth-order valence-electron chi connectivity index (χ4n) is 2.11. The molecule has 0 radical (unpaired) electrons. The van der Waals surface area contributed by atoms with Crippen molar-refractivity contribution in [1.29, 1.82) is 0 Å². The van der Waals surface area contributed by atoms with Crippen LogP contribution >= 0.6 is 0 Å². The molecule has 1 aliphatic carbocycles. The highest BCUT2D eigenvalue weighted by atomic mass is 16.7. The van der Waals surface area contributed by atoms with Crippen LogP contribution in [0.2, 0.25) is 0 Å². The van der Waals surface area contributed by atoms with Gasteiger partial charge in [0.25, 0.3) is 0 Å². The molecule has 1 saturated carbocycles. The van der Waals surface area contributed by atoms with E-state index in [0.717, 1.165) is 19.3 Å². The zero-order valence-corrected chi connectivity index (χ0v) is 11.7. The first kappa shape index (κ1) is 15.4. The van der Waals surface area contributed by atoms with E-state index in [1.807, 2.05) is 13.8 Å². The molecule has 106 valence electrons. The largest absolute Gasteiger partial charge is 0.378 e. The van der Waals surface area contributed by atoms with Crippen molar-refractivity contribution in [2.75, 3.05) is 26.9 Å². The first-order chi connectivity index (χ1) is 8.65. The number of hydrogen-bond acceptors (Lipinski definition) is 4. The zero-order chi connectivity index (χ0) is 13.4. The maximum absolute atomic E-state index is 11.8. The molecule has 1 amide bonds. The minimum atomic E-state index is -0.358. The summed E-state index contributed by atoms with van der Waals surface area (Å²) in [7, 11) is 1.68. The standard InChI is InChI=1S/C13H25NO4/c1-4-17-12(18-5-2)10-14-11(15)9-13(16-3)7-6-8-13/h12H,4-10H2,1-3H3,(H,14,15). The summed E-state index contributed by atoms with van der Waals surface area (Å²) in [6, 6.07) is 0. The fourth-order valence-corrected chi connectivity index (χ4v) is 2.11. The van der Waals surface area contributed by atoms with E-state index in [2.05, 4.69) is 5.32 Å². The third kappa shape index (κ3) is 4.55. The second-order valence-electron chi connectivity index (χ2n) is 4.56. The molecule has 0 atom stereocenters. The Morgan fingerprint density at radius 1 is 1.28 bits per heavy atom. The lowest BCUT2D eigenvalue weighted by molar-refractivity contribution is -0.146. The molecule has 5 nitrogen and oxygen atoms in total. The molecule has 0 aromatic heterocycles. The van der Waals surface area contributed by atoms with Gasteiger partial charge in [0.2, 0.25) is 5.91 Å². The summed E-state index contributed by atoms with van der Waals surface area (Å²) in [5.41, 5.74) is -0.225. The molecule has 0 heterocycles. The Bertz CT molecular complexity index is 242. The summed E-state index contributed by atoms with van der Waals surface area (Å²) in [5.74, 6) is 0.000885. The Kier molecular flexibility index (Phi) is 6.60. The van der Waals surface area contributed by atoms with Crippen LogP contribution < -0.4 is 5.32 Å². The van der Waals surface area contributed by atoms with Crippen LogP contribution in [0.4, 0.5) is 0 Å². The molecule has 0 aromatic carbocycles. The van der Waals surface area contributed by atoms with Gasteiger partial charge < -0.3 is 19.5 Å². The van der Waals surface area contributed by atoms with Gasteiger partial charge in [-0.1, -0.05) is 0 Å². The summed E-state index contributed by atoms with van der Waals surface area (Å²) in [6.07, 6.45) is 3.15. The highest BCUT2D eigenvalue weighted by Gasteiger charge is 2.38. The van der Waals surface area contributed by atoms with Gasteiger partial charge in [-0.15, -0.1) is 0 Å². The molecule has 0 aliphatic heterocycles. The molecule has 1 rings (SSSR count). The van der Waals surface area contributed by atoms with Crippen LogP contribution in [0.15, 0.2) is 0 Å². The van der Waals surface area contributed by atoms with E-state index in [0.29, 0.717) is 26.2 Å². The number of methoxy groups -OCH3 is 1. The van der Waals surface area contributed by atoms with E-state index < -0.39 is 0 Å². The molecule has 1 N–H and O–H groups in total. The average molecular weight is 259 g/mol. The van der Waals surface area contributed by atoms with Crippen LogP contribution in [0, 0.1) is 0 Å². The zero-order valence-electron chi connectivity index (χ0n) is 11.7. The van der Waals surface area contributed by atoms with Gasteiger partial charge in [0.1, 0.15) is 0 Å². The van der Waals surface area contributed by atoms with Crippen molar-refractivity contribution >= 4 is 5.91 Å². The number of rotatable bonds is 9. The molecule has 5 heteroatoms. The van der Waals surface area contributed by atoms with Crippen molar-refractivity contribution in [1.82, 2.24) is 5.32 Å². The Morgan fingerprint density at radius 3 is 2.28 bits per heavy atom. The number of carbonyl (C=O) groups excluding carboxylic acids is 1. The third-order valence-electron chi connectivity index (χ3n) is 3.35. The van der Waals surface area contributed by atoms with Crippen molar-refractivity contribution in [3.63, 3.8) is 0 Å². The van der Waals surface area contributed by atoms with Crippen molar-refractivity contribution in [3.8, 4) is 0 Å². The lowest BCUT2D eigenvalue weighted by Gasteiger charge is -2.40. The first-order valence-electron chi connectivity index (χ1n) is 6.71. The maximum Gasteiger partial charge on any atom is 0.223 e. The highest BCUT2D eigenvalue weighted by molar-refractivity contribution is 5.77. The van der Waals surface area contributed by atoms with Gasteiger partial charge in [0.05, 0.1) is 18.6 Å². The summed E-state index contributed by atoms with van der Waals surface area (Å²) in [6.45, 7) is 5.34. The molecule has 0 unspecified atom stereocenters. The molecular weight excluding hydrogens is 234 g/mol. The first-order valence-corrected chi connectivity index (χ1v) is 6.71. The lowest BCUT2D eigenvalue weighted by atomic mass is 9.77. The molecule has 1 fully saturated rings. The summed E-state index contributed by atoms with van der Waals surface area (Å²) >= 11 is 0. The third-order valence-corrected chi connectivity index (χ3v) is 3.35. The molecule has 18 heavy (non-hydrogen) atoms. The Labute approximate surface area is 109 Å². The number of hydrogen-bond donors (Lipinski definition) is 1. The maximum atomic E-state index is 11.8. The molecular formula is C13H25NO4. The molecule has 0 aromatic rings. The summed E-state index contributed by atoms with van der Waals surface area (Å²) < 4.78 is 16.1. The van der Waals surface area contributed by atoms with Crippen LogP contribution in [0.3, 0.4) is 0 Å². The molecule has 0 spiro atoms.